The summed E-state index contributed by atoms with van der Waals surface area (Å²) in [4.78, 5) is 8.06. The molecule has 0 saturated carbocycles. The minimum absolute atomic E-state index is 0.174. The van der Waals surface area contributed by atoms with E-state index in [-0.39, 0.29) is 5.54 Å². The van der Waals surface area contributed by atoms with Gasteiger partial charge in [-0.05, 0) is 26.8 Å². The third-order valence-corrected chi connectivity index (χ3v) is 4.22. The predicted molar refractivity (Wildman–Crippen MR) is 72.3 cm³/mol. The van der Waals surface area contributed by atoms with Crippen molar-refractivity contribution in [1.82, 2.24) is 10.3 Å². The quantitative estimate of drug-likeness (QED) is 0.830. The zero-order valence-electron chi connectivity index (χ0n) is 11.0. The van der Waals surface area contributed by atoms with Crippen LogP contribution in [0.1, 0.15) is 39.0 Å². The molecule has 16 heavy (non-hydrogen) atoms. The molecule has 0 bridgehead atoms. The summed E-state index contributed by atoms with van der Waals surface area (Å²) < 4.78 is 0. The number of rotatable bonds is 6. The van der Waals surface area contributed by atoms with Gasteiger partial charge in [-0.2, -0.15) is 0 Å². The molecule has 1 aromatic heterocycles. The number of nitrogens with zero attached hydrogens (tertiary/aromatic N) is 2. The van der Waals surface area contributed by atoms with E-state index in [0.717, 1.165) is 24.6 Å². The lowest BCUT2D eigenvalue weighted by molar-refractivity contribution is 0.470. The standard InChI is InChI=1S/C12H23N3S/c1-6-12(3,4)15(5)11-14-9-10(16-11)8-13-7-2/h9,13H,6-8H2,1-5H3. The number of anilines is 1. The summed E-state index contributed by atoms with van der Waals surface area (Å²) >= 11 is 1.78. The van der Waals surface area contributed by atoms with Gasteiger partial charge in [0.05, 0.1) is 0 Å². The van der Waals surface area contributed by atoms with Gasteiger partial charge in [-0.15, -0.1) is 11.3 Å². The molecule has 0 aliphatic heterocycles. The molecule has 1 heterocycles. The largest absolute Gasteiger partial charge is 0.346 e. The van der Waals surface area contributed by atoms with Crippen molar-refractivity contribution in [3.8, 4) is 0 Å². The van der Waals surface area contributed by atoms with E-state index in [9.17, 15) is 0 Å². The number of hydrogen-bond acceptors (Lipinski definition) is 4. The molecule has 0 aliphatic rings. The first-order valence-electron chi connectivity index (χ1n) is 5.90. The molecule has 0 aliphatic carbocycles. The molecule has 1 rings (SSSR count). The van der Waals surface area contributed by atoms with Gasteiger partial charge in [-0.25, -0.2) is 4.98 Å². The summed E-state index contributed by atoms with van der Waals surface area (Å²) in [6.07, 6.45) is 3.09. The Labute approximate surface area is 103 Å². The minimum atomic E-state index is 0.174. The van der Waals surface area contributed by atoms with Crippen molar-refractivity contribution in [2.75, 3.05) is 18.5 Å². The van der Waals surface area contributed by atoms with Gasteiger partial charge < -0.3 is 10.2 Å². The Hall–Kier alpha value is -0.610. The normalized spacial score (nSPS) is 11.8. The Morgan fingerprint density at radius 2 is 2.12 bits per heavy atom. The van der Waals surface area contributed by atoms with Crippen LogP contribution in [0.15, 0.2) is 6.20 Å². The van der Waals surface area contributed by atoms with Crippen LogP contribution in [0.25, 0.3) is 0 Å². The SMILES string of the molecule is CCNCc1cnc(N(C)C(C)(C)CC)s1. The van der Waals surface area contributed by atoms with E-state index >= 15 is 0 Å². The van der Waals surface area contributed by atoms with Gasteiger partial charge in [0.1, 0.15) is 0 Å². The number of thiazole rings is 1. The number of aromatic nitrogens is 1. The summed E-state index contributed by atoms with van der Waals surface area (Å²) in [6.45, 7) is 10.8. The van der Waals surface area contributed by atoms with Gasteiger partial charge in [0.2, 0.25) is 0 Å². The summed E-state index contributed by atoms with van der Waals surface area (Å²) in [5.74, 6) is 0. The lowest BCUT2D eigenvalue weighted by atomic mass is 10.0. The second-order valence-electron chi connectivity index (χ2n) is 4.61. The first-order valence-corrected chi connectivity index (χ1v) is 6.72. The van der Waals surface area contributed by atoms with E-state index in [4.69, 9.17) is 0 Å². The maximum atomic E-state index is 4.49. The average Bonchev–Trinajstić information content (AvgIpc) is 2.73. The van der Waals surface area contributed by atoms with Crippen molar-refractivity contribution in [3.63, 3.8) is 0 Å². The summed E-state index contributed by atoms with van der Waals surface area (Å²) in [5.41, 5.74) is 0.174. The first kappa shape index (κ1) is 13.5. The molecule has 0 saturated heterocycles. The third kappa shape index (κ3) is 3.19. The van der Waals surface area contributed by atoms with Crippen molar-refractivity contribution >= 4 is 16.5 Å². The van der Waals surface area contributed by atoms with Crippen LogP contribution in [0.4, 0.5) is 5.13 Å². The molecule has 3 nitrogen and oxygen atoms in total. The molecule has 4 heteroatoms. The second-order valence-corrected chi connectivity index (χ2v) is 5.71. The lowest BCUT2D eigenvalue weighted by Crippen LogP contribution is -2.40. The van der Waals surface area contributed by atoms with E-state index in [0.29, 0.717) is 0 Å². The zero-order chi connectivity index (χ0) is 12.2. The molecule has 0 amide bonds. The van der Waals surface area contributed by atoms with Gasteiger partial charge in [0.25, 0.3) is 0 Å². The fraction of sp³-hybridized carbons (Fsp3) is 0.750. The van der Waals surface area contributed by atoms with Gasteiger partial charge >= 0.3 is 0 Å². The monoisotopic (exact) mass is 241 g/mol. The Kier molecular flexibility index (Phi) is 4.74. The van der Waals surface area contributed by atoms with Crippen molar-refractivity contribution < 1.29 is 0 Å². The highest BCUT2D eigenvalue weighted by Crippen LogP contribution is 2.28. The second kappa shape index (κ2) is 5.64. The Balaban J connectivity index is 2.70. The summed E-state index contributed by atoms with van der Waals surface area (Å²) in [7, 11) is 2.12. The average molecular weight is 241 g/mol. The van der Waals surface area contributed by atoms with Crippen molar-refractivity contribution in [1.29, 1.82) is 0 Å². The van der Waals surface area contributed by atoms with Crippen LogP contribution in [0.2, 0.25) is 0 Å². The molecule has 0 fully saturated rings. The topological polar surface area (TPSA) is 28.2 Å². The molecule has 1 N–H and O–H groups in total. The highest BCUT2D eigenvalue weighted by molar-refractivity contribution is 7.15. The van der Waals surface area contributed by atoms with E-state index in [2.05, 4.69) is 49.9 Å². The Morgan fingerprint density at radius 3 is 2.69 bits per heavy atom. The predicted octanol–water partition coefficient (Wildman–Crippen LogP) is 2.88. The lowest BCUT2D eigenvalue weighted by Gasteiger charge is -2.34. The molecule has 0 aromatic carbocycles. The fourth-order valence-electron chi connectivity index (χ4n) is 1.28. The Bertz CT molecular complexity index is 320. The molecule has 0 atom stereocenters. The van der Waals surface area contributed by atoms with Crippen LogP contribution in [0.5, 0.6) is 0 Å². The van der Waals surface area contributed by atoms with Crippen LogP contribution in [-0.2, 0) is 6.54 Å². The highest BCUT2D eigenvalue weighted by atomic mass is 32.1. The Morgan fingerprint density at radius 1 is 1.44 bits per heavy atom. The number of nitrogens with one attached hydrogen (secondary N) is 1. The third-order valence-electron chi connectivity index (χ3n) is 3.15. The van der Waals surface area contributed by atoms with Gasteiger partial charge in [0, 0.05) is 30.2 Å². The highest BCUT2D eigenvalue weighted by Gasteiger charge is 2.23. The van der Waals surface area contributed by atoms with E-state index in [1.54, 1.807) is 11.3 Å². The van der Waals surface area contributed by atoms with Crippen molar-refractivity contribution in [2.45, 2.75) is 46.2 Å². The van der Waals surface area contributed by atoms with Crippen LogP contribution in [0.3, 0.4) is 0 Å². The van der Waals surface area contributed by atoms with Crippen molar-refractivity contribution in [3.05, 3.63) is 11.1 Å². The van der Waals surface area contributed by atoms with Crippen LogP contribution >= 0.6 is 11.3 Å². The fourth-order valence-corrected chi connectivity index (χ4v) is 2.28. The maximum Gasteiger partial charge on any atom is 0.185 e. The molecule has 1 aromatic rings. The molecule has 0 spiro atoms. The van der Waals surface area contributed by atoms with E-state index in [1.807, 2.05) is 6.20 Å². The first-order chi connectivity index (χ1) is 7.51. The zero-order valence-corrected chi connectivity index (χ0v) is 11.8. The van der Waals surface area contributed by atoms with E-state index < -0.39 is 0 Å². The molecule has 0 radical (unpaired) electrons. The summed E-state index contributed by atoms with van der Waals surface area (Å²) in [6, 6.07) is 0. The molecular weight excluding hydrogens is 218 g/mol. The van der Waals surface area contributed by atoms with Gasteiger partial charge in [-0.1, -0.05) is 13.8 Å². The minimum Gasteiger partial charge on any atom is -0.346 e. The molecule has 92 valence electrons. The van der Waals surface area contributed by atoms with Crippen molar-refractivity contribution in [2.24, 2.45) is 0 Å². The van der Waals surface area contributed by atoms with Crippen LogP contribution in [-0.4, -0.2) is 24.1 Å². The maximum absolute atomic E-state index is 4.49. The van der Waals surface area contributed by atoms with E-state index in [1.165, 1.54) is 4.88 Å². The van der Waals surface area contributed by atoms with Crippen LogP contribution < -0.4 is 10.2 Å². The smallest absolute Gasteiger partial charge is 0.185 e. The van der Waals surface area contributed by atoms with Gasteiger partial charge in [0.15, 0.2) is 5.13 Å². The van der Waals surface area contributed by atoms with Gasteiger partial charge in [-0.3, -0.25) is 0 Å². The molecule has 0 unspecified atom stereocenters. The molecular formula is C12H23N3S. The van der Waals surface area contributed by atoms with Crippen LogP contribution in [0, 0.1) is 0 Å². The summed E-state index contributed by atoms with van der Waals surface area (Å²) in [5, 5.41) is 4.43. The number of hydrogen-bond donors (Lipinski definition) is 1.